The summed E-state index contributed by atoms with van der Waals surface area (Å²) in [7, 11) is 0. The Labute approximate surface area is 153 Å². The lowest BCUT2D eigenvalue weighted by atomic mass is 9.89. The molecule has 1 aromatic rings. The van der Waals surface area contributed by atoms with Gasteiger partial charge >= 0.3 is 0 Å². The Hall–Kier alpha value is -1.26. The summed E-state index contributed by atoms with van der Waals surface area (Å²) >= 11 is 0. The van der Waals surface area contributed by atoms with Crippen molar-refractivity contribution in [1.29, 1.82) is 0 Å². The van der Waals surface area contributed by atoms with Crippen molar-refractivity contribution < 1.29 is 14.9 Å². The molecule has 4 nitrogen and oxygen atoms in total. The summed E-state index contributed by atoms with van der Waals surface area (Å²) in [6.45, 7) is 7.18. The Morgan fingerprint density at radius 1 is 1.16 bits per heavy atom. The molecule has 0 heterocycles. The van der Waals surface area contributed by atoms with Crippen molar-refractivity contribution in [3.63, 3.8) is 0 Å². The Kier molecular flexibility index (Phi) is 9.91. The highest BCUT2D eigenvalue weighted by molar-refractivity contribution is 5.41. The maximum atomic E-state index is 10.2. The van der Waals surface area contributed by atoms with Crippen molar-refractivity contribution in [3.8, 4) is 11.5 Å². The predicted octanol–water partition coefficient (Wildman–Crippen LogP) is 4.41. The van der Waals surface area contributed by atoms with E-state index in [9.17, 15) is 10.2 Å². The van der Waals surface area contributed by atoms with Gasteiger partial charge in [-0.15, -0.1) is 0 Å². The van der Waals surface area contributed by atoms with Crippen LogP contribution in [0, 0.1) is 5.92 Å². The van der Waals surface area contributed by atoms with Crippen LogP contribution in [0.1, 0.15) is 71.3 Å². The van der Waals surface area contributed by atoms with Crippen molar-refractivity contribution in [2.24, 2.45) is 11.7 Å². The van der Waals surface area contributed by atoms with Crippen LogP contribution in [0.4, 0.5) is 0 Å². The number of aromatic hydroxyl groups is 1. The maximum absolute atomic E-state index is 10.2. The topological polar surface area (TPSA) is 75.7 Å². The van der Waals surface area contributed by atoms with E-state index in [4.69, 9.17) is 10.5 Å². The number of hydrogen-bond acceptors (Lipinski definition) is 4. The summed E-state index contributed by atoms with van der Waals surface area (Å²) in [5.74, 6) is 1.48. The van der Waals surface area contributed by atoms with E-state index in [0.29, 0.717) is 18.8 Å². The zero-order chi connectivity index (χ0) is 18.7. The van der Waals surface area contributed by atoms with Crippen LogP contribution in [0.15, 0.2) is 18.2 Å². The van der Waals surface area contributed by atoms with Gasteiger partial charge in [0, 0.05) is 5.54 Å². The number of nitrogens with two attached hydrogens (primary N) is 1. The summed E-state index contributed by atoms with van der Waals surface area (Å²) in [5, 5.41) is 19.6. The largest absolute Gasteiger partial charge is 0.504 e. The zero-order valence-electron chi connectivity index (χ0n) is 16.3. The van der Waals surface area contributed by atoms with Gasteiger partial charge in [0.25, 0.3) is 0 Å². The maximum Gasteiger partial charge on any atom is 0.160 e. The molecule has 0 aliphatic rings. The Morgan fingerprint density at radius 2 is 1.92 bits per heavy atom. The number of ether oxygens (including phenoxy) is 1. The van der Waals surface area contributed by atoms with E-state index in [-0.39, 0.29) is 12.4 Å². The first-order valence-corrected chi connectivity index (χ1v) is 9.74. The van der Waals surface area contributed by atoms with Crippen LogP contribution in [0.5, 0.6) is 11.5 Å². The van der Waals surface area contributed by atoms with Crippen molar-refractivity contribution in [2.75, 3.05) is 13.2 Å². The highest BCUT2D eigenvalue weighted by Gasteiger charge is 2.22. The molecule has 0 bridgehead atoms. The smallest absolute Gasteiger partial charge is 0.160 e. The van der Waals surface area contributed by atoms with Crippen molar-refractivity contribution in [1.82, 2.24) is 0 Å². The van der Waals surface area contributed by atoms with Crippen molar-refractivity contribution in [2.45, 2.75) is 77.7 Å². The summed E-state index contributed by atoms with van der Waals surface area (Å²) < 4.78 is 5.69. The van der Waals surface area contributed by atoms with E-state index in [1.807, 2.05) is 12.1 Å². The Balaban J connectivity index is 2.41. The van der Waals surface area contributed by atoms with E-state index in [1.165, 1.54) is 12.8 Å². The van der Waals surface area contributed by atoms with E-state index < -0.39 is 5.54 Å². The number of unbranched alkanes of at least 4 members (excludes halogenated alkanes) is 2. The molecule has 0 saturated heterocycles. The molecule has 0 aromatic heterocycles. The number of phenols is 1. The summed E-state index contributed by atoms with van der Waals surface area (Å²) in [6.07, 6.45) is 7.85. The lowest BCUT2D eigenvalue weighted by molar-refractivity contribution is 0.177. The van der Waals surface area contributed by atoms with Gasteiger partial charge in [0.15, 0.2) is 11.5 Å². The third-order valence-corrected chi connectivity index (χ3v) is 4.68. The minimum absolute atomic E-state index is 0.00910. The summed E-state index contributed by atoms with van der Waals surface area (Å²) in [4.78, 5) is 0. The summed E-state index contributed by atoms with van der Waals surface area (Å²) in [5.41, 5.74) is 6.69. The molecule has 0 radical (unpaired) electrons. The van der Waals surface area contributed by atoms with E-state index in [0.717, 1.165) is 43.6 Å². The van der Waals surface area contributed by atoms with Crippen LogP contribution in [-0.2, 0) is 6.42 Å². The molecule has 0 saturated carbocycles. The van der Waals surface area contributed by atoms with Crippen LogP contribution >= 0.6 is 0 Å². The second kappa shape index (κ2) is 11.4. The van der Waals surface area contributed by atoms with Gasteiger partial charge in [0.2, 0.25) is 0 Å². The molecule has 144 valence electrons. The lowest BCUT2D eigenvalue weighted by Gasteiger charge is -2.26. The van der Waals surface area contributed by atoms with Crippen LogP contribution in [0.3, 0.4) is 0 Å². The minimum atomic E-state index is -0.532. The average molecular weight is 352 g/mol. The number of rotatable bonds is 13. The zero-order valence-corrected chi connectivity index (χ0v) is 16.3. The second-order valence-electron chi connectivity index (χ2n) is 7.66. The second-order valence-corrected chi connectivity index (χ2v) is 7.66. The van der Waals surface area contributed by atoms with E-state index in [1.54, 1.807) is 6.07 Å². The highest BCUT2D eigenvalue weighted by atomic mass is 16.5. The van der Waals surface area contributed by atoms with Gasteiger partial charge in [0.1, 0.15) is 0 Å². The molecule has 0 aliphatic carbocycles. The normalized spacial score (nSPS) is 13.8. The minimum Gasteiger partial charge on any atom is -0.504 e. The molecular weight excluding hydrogens is 314 g/mol. The van der Waals surface area contributed by atoms with E-state index in [2.05, 4.69) is 20.8 Å². The first-order chi connectivity index (χ1) is 11.9. The molecule has 4 heteroatoms. The van der Waals surface area contributed by atoms with Gasteiger partial charge in [-0.25, -0.2) is 0 Å². The standard InChI is InChI=1S/C21H37NO3/c1-4-12-21(22,16-23)13-11-18-9-10-20(19(24)15-18)25-14-7-5-6-8-17(2)3/h9-10,15,17,23-24H,4-8,11-14,16,22H2,1-3H3/t21-/m0/s1. The third kappa shape index (κ3) is 8.59. The molecule has 1 aromatic carbocycles. The molecule has 4 N–H and O–H groups in total. The number of phenolic OH excluding ortho intramolecular Hbond substituents is 1. The number of aryl methyl sites for hydroxylation is 1. The lowest BCUT2D eigenvalue weighted by Crippen LogP contribution is -2.43. The fourth-order valence-electron chi connectivity index (χ4n) is 3.03. The molecule has 0 unspecified atom stereocenters. The number of aliphatic hydroxyl groups excluding tert-OH is 1. The Morgan fingerprint density at radius 3 is 2.52 bits per heavy atom. The van der Waals surface area contributed by atoms with Crippen LogP contribution in [0.2, 0.25) is 0 Å². The van der Waals surface area contributed by atoms with Gasteiger partial charge in [-0.1, -0.05) is 52.5 Å². The SMILES string of the molecule is CCC[C@@](N)(CO)CCc1ccc(OCCCCCC(C)C)c(O)c1. The average Bonchev–Trinajstić information content (AvgIpc) is 2.57. The monoisotopic (exact) mass is 351 g/mol. The van der Waals surface area contributed by atoms with Gasteiger partial charge in [-0.2, -0.15) is 0 Å². The first kappa shape index (κ1) is 21.8. The van der Waals surface area contributed by atoms with Gasteiger partial charge < -0.3 is 20.7 Å². The van der Waals surface area contributed by atoms with Crippen LogP contribution < -0.4 is 10.5 Å². The van der Waals surface area contributed by atoms with Gasteiger partial charge in [0.05, 0.1) is 13.2 Å². The van der Waals surface area contributed by atoms with Crippen molar-refractivity contribution in [3.05, 3.63) is 23.8 Å². The van der Waals surface area contributed by atoms with Crippen LogP contribution in [0.25, 0.3) is 0 Å². The fraction of sp³-hybridized carbons (Fsp3) is 0.714. The molecule has 0 fully saturated rings. The summed E-state index contributed by atoms with van der Waals surface area (Å²) in [6, 6.07) is 5.55. The number of aliphatic hydroxyl groups is 1. The van der Waals surface area contributed by atoms with Crippen molar-refractivity contribution >= 4 is 0 Å². The highest BCUT2D eigenvalue weighted by Crippen LogP contribution is 2.28. The van der Waals surface area contributed by atoms with Gasteiger partial charge in [-0.3, -0.25) is 0 Å². The van der Waals surface area contributed by atoms with Gasteiger partial charge in [-0.05, 0) is 49.3 Å². The Bertz CT molecular complexity index is 490. The quantitative estimate of drug-likeness (QED) is 0.460. The third-order valence-electron chi connectivity index (χ3n) is 4.68. The number of benzene rings is 1. The molecule has 25 heavy (non-hydrogen) atoms. The molecule has 0 aliphatic heterocycles. The molecular formula is C21H37NO3. The first-order valence-electron chi connectivity index (χ1n) is 9.74. The molecule has 1 atom stereocenters. The molecule has 0 amide bonds. The molecule has 0 spiro atoms. The van der Waals surface area contributed by atoms with E-state index >= 15 is 0 Å². The van der Waals surface area contributed by atoms with Crippen LogP contribution in [-0.4, -0.2) is 29.0 Å². The predicted molar refractivity (Wildman–Crippen MR) is 104 cm³/mol. The fourth-order valence-corrected chi connectivity index (χ4v) is 3.03. The molecule has 1 rings (SSSR count). The number of hydrogen-bond donors (Lipinski definition) is 3.